The highest BCUT2D eigenvalue weighted by molar-refractivity contribution is 5.85. The average molecular weight is 488 g/mol. The molecule has 4 aromatic rings. The zero-order chi connectivity index (χ0) is 25.1. The van der Waals surface area contributed by atoms with Crippen molar-refractivity contribution in [3.05, 3.63) is 66.0 Å². The second-order valence-electron chi connectivity index (χ2n) is 8.47. The number of nitrogens with one attached hydrogen (secondary N) is 1. The van der Waals surface area contributed by atoms with Gasteiger partial charge >= 0.3 is 5.97 Å². The topological polar surface area (TPSA) is 137 Å². The third-order valence-corrected chi connectivity index (χ3v) is 6.16. The highest BCUT2D eigenvalue weighted by Crippen LogP contribution is 2.26. The van der Waals surface area contributed by atoms with Crippen molar-refractivity contribution in [3.8, 4) is 5.75 Å². The minimum absolute atomic E-state index is 0.229. The number of aldehydes is 1. The second kappa shape index (κ2) is 9.90. The summed E-state index contributed by atoms with van der Waals surface area (Å²) >= 11 is 0. The molecule has 2 aromatic carbocycles. The first-order valence-electron chi connectivity index (χ1n) is 11.5. The number of carboxylic acid groups (broad SMARTS) is 1. The number of fused-ring (bicyclic) bond motifs is 1. The van der Waals surface area contributed by atoms with E-state index in [-0.39, 0.29) is 12.3 Å². The standard InChI is InChI=1S/C25H25N7O4/c33-15-18-4-2-1-3-17(18)13-26-23-22-24(32(16-27-22)14-21(35)36)29-25(28-23)31-11-9-30(10-12-31)19-5-7-20(34)8-6-19/h1-8,15-16,34H,9-14H2,(H,35,36)(H,26,28,29). The molecule has 0 bridgehead atoms. The maximum Gasteiger partial charge on any atom is 0.323 e. The summed E-state index contributed by atoms with van der Waals surface area (Å²) in [6.07, 6.45) is 2.26. The van der Waals surface area contributed by atoms with E-state index in [0.717, 1.165) is 30.6 Å². The fourth-order valence-corrected chi connectivity index (χ4v) is 4.28. The molecule has 36 heavy (non-hydrogen) atoms. The maximum atomic E-state index is 11.4. The van der Waals surface area contributed by atoms with E-state index in [1.54, 1.807) is 24.3 Å². The number of phenols is 1. The van der Waals surface area contributed by atoms with Gasteiger partial charge in [0.1, 0.15) is 18.6 Å². The third kappa shape index (κ3) is 4.76. The molecule has 0 saturated carbocycles. The van der Waals surface area contributed by atoms with E-state index in [9.17, 15) is 19.8 Å². The Morgan fingerprint density at radius 1 is 1.00 bits per heavy atom. The van der Waals surface area contributed by atoms with Gasteiger partial charge in [-0.3, -0.25) is 9.59 Å². The fraction of sp³-hybridized carbons (Fsp3) is 0.240. The van der Waals surface area contributed by atoms with E-state index < -0.39 is 5.97 Å². The first kappa shape index (κ1) is 23.1. The molecular weight excluding hydrogens is 462 g/mol. The number of hydrogen-bond acceptors (Lipinski definition) is 9. The minimum atomic E-state index is -0.994. The number of carboxylic acids is 1. The lowest BCUT2D eigenvalue weighted by atomic mass is 10.1. The zero-order valence-electron chi connectivity index (χ0n) is 19.4. The van der Waals surface area contributed by atoms with Gasteiger partial charge in [-0.2, -0.15) is 9.97 Å². The number of benzene rings is 2. The monoisotopic (exact) mass is 487 g/mol. The van der Waals surface area contributed by atoms with Crippen LogP contribution in [0.3, 0.4) is 0 Å². The molecule has 1 fully saturated rings. The van der Waals surface area contributed by atoms with Gasteiger partial charge in [-0.05, 0) is 29.8 Å². The molecule has 1 saturated heterocycles. The number of aromatic nitrogens is 4. The molecule has 0 unspecified atom stereocenters. The van der Waals surface area contributed by atoms with Crippen LogP contribution in [-0.2, 0) is 17.9 Å². The molecular formula is C25H25N7O4. The smallest absolute Gasteiger partial charge is 0.323 e. The predicted octanol–water partition coefficient (Wildman–Crippen LogP) is 2.37. The highest BCUT2D eigenvalue weighted by atomic mass is 16.4. The number of phenolic OH excluding ortho intramolecular Hbond substituents is 1. The SMILES string of the molecule is O=Cc1ccccc1CNc1nc(N2CCN(c3ccc(O)cc3)CC2)nc2c1ncn2CC(=O)O. The van der Waals surface area contributed by atoms with E-state index in [4.69, 9.17) is 4.98 Å². The summed E-state index contributed by atoms with van der Waals surface area (Å²) in [6.45, 7) is 2.86. The molecule has 5 rings (SSSR count). The number of piperazine rings is 1. The van der Waals surface area contributed by atoms with Crippen LogP contribution in [0.15, 0.2) is 54.9 Å². The number of aliphatic carboxylic acids is 1. The van der Waals surface area contributed by atoms with Crippen molar-refractivity contribution in [3.63, 3.8) is 0 Å². The van der Waals surface area contributed by atoms with E-state index >= 15 is 0 Å². The van der Waals surface area contributed by atoms with Gasteiger partial charge in [-0.1, -0.05) is 24.3 Å². The summed E-state index contributed by atoms with van der Waals surface area (Å²) in [6, 6.07) is 14.4. The van der Waals surface area contributed by atoms with Crippen molar-refractivity contribution >= 4 is 40.9 Å². The Morgan fingerprint density at radius 2 is 1.72 bits per heavy atom. The Hall–Kier alpha value is -4.67. The Bertz CT molecular complexity index is 1400. The molecule has 0 amide bonds. The first-order chi connectivity index (χ1) is 17.5. The van der Waals surface area contributed by atoms with Crippen LogP contribution in [-0.4, -0.2) is 68.2 Å². The third-order valence-electron chi connectivity index (χ3n) is 6.16. The lowest BCUT2D eigenvalue weighted by Crippen LogP contribution is -2.47. The number of aromatic hydroxyl groups is 1. The van der Waals surface area contributed by atoms with Crippen molar-refractivity contribution in [2.75, 3.05) is 41.3 Å². The summed E-state index contributed by atoms with van der Waals surface area (Å²) in [5, 5.41) is 22.1. The number of anilines is 3. The number of imidazole rings is 1. The van der Waals surface area contributed by atoms with Crippen LogP contribution in [0.5, 0.6) is 5.75 Å². The van der Waals surface area contributed by atoms with Gasteiger partial charge in [0.25, 0.3) is 0 Å². The van der Waals surface area contributed by atoms with Gasteiger partial charge in [0.05, 0.1) is 6.33 Å². The molecule has 184 valence electrons. The van der Waals surface area contributed by atoms with Gasteiger partial charge in [-0.15, -0.1) is 0 Å². The van der Waals surface area contributed by atoms with Crippen LogP contribution in [0.1, 0.15) is 15.9 Å². The fourth-order valence-electron chi connectivity index (χ4n) is 4.28. The molecule has 11 heteroatoms. The van der Waals surface area contributed by atoms with Gasteiger partial charge in [0, 0.05) is 44.0 Å². The number of nitrogens with zero attached hydrogens (tertiary/aromatic N) is 6. The van der Waals surface area contributed by atoms with Crippen molar-refractivity contribution in [2.24, 2.45) is 0 Å². The predicted molar refractivity (Wildman–Crippen MR) is 135 cm³/mol. The molecule has 0 aliphatic carbocycles. The number of hydrogen-bond donors (Lipinski definition) is 3. The summed E-state index contributed by atoms with van der Waals surface area (Å²) in [7, 11) is 0. The lowest BCUT2D eigenvalue weighted by Gasteiger charge is -2.36. The van der Waals surface area contributed by atoms with Crippen LogP contribution < -0.4 is 15.1 Å². The average Bonchev–Trinajstić information content (AvgIpc) is 3.30. The van der Waals surface area contributed by atoms with E-state index in [0.29, 0.717) is 48.1 Å². The van der Waals surface area contributed by atoms with Crippen molar-refractivity contribution in [1.29, 1.82) is 0 Å². The minimum Gasteiger partial charge on any atom is -0.508 e. The quantitative estimate of drug-likeness (QED) is 0.318. The van der Waals surface area contributed by atoms with Crippen LogP contribution in [0, 0.1) is 0 Å². The van der Waals surface area contributed by atoms with Crippen LogP contribution in [0.25, 0.3) is 11.2 Å². The molecule has 11 nitrogen and oxygen atoms in total. The summed E-state index contributed by atoms with van der Waals surface area (Å²) in [4.78, 5) is 40.9. The van der Waals surface area contributed by atoms with E-state index in [1.165, 1.54) is 10.9 Å². The molecule has 2 aromatic heterocycles. The summed E-state index contributed by atoms with van der Waals surface area (Å²) in [5.41, 5.74) is 3.31. The zero-order valence-corrected chi connectivity index (χ0v) is 19.4. The van der Waals surface area contributed by atoms with Crippen molar-refractivity contribution in [1.82, 2.24) is 19.5 Å². The van der Waals surface area contributed by atoms with Crippen molar-refractivity contribution in [2.45, 2.75) is 13.1 Å². The van der Waals surface area contributed by atoms with Gasteiger partial charge in [0.2, 0.25) is 5.95 Å². The van der Waals surface area contributed by atoms with Crippen LogP contribution >= 0.6 is 0 Å². The van der Waals surface area contributed by atoms with E-state index in [1.807, 2.05) is 24.3 Å². The van der Waals surface area contributed by atoms with Gasteiger partial charge in [0.15, 0.2) is 17.0 Å². The molecule has 1 aliphatic rings. The molecule has 3 N–H and O–H groups in total. The number of carbonyl (C=O) groups is 2. The Kier molecular flexibility index (Phi) is 6.35. The molecule has 0 radical (unpaired) electrons. The Labute approximate surface area is 206 Å². The van der Waals surface area contributed by atoms with Gasteiger partial charge < -0.3 is 29.9 Å². The highest BCUT2D eigenvalue weighted by Gasteiger charge is 2.23. The lowest BCUT2D eigenvalue weighted by molar-refractivity contribution is -0.137. The largest absolute Gasteiger partial charge is 0.508 e. The Morgan fingerprint density at radius 3 is 2.44 bits per heavy atom. The molecule has 1 aliphatic heterocycles. The van der Waals surface area contributed by atoms with Gasteiger partial charge in [-0.25, -0.2) is 4.98 Å². The first-order valence-corrected chi connectivity index (χ1v) is 11.5. The van der Waals surface area contributed by atoms with Crippen LogP contribution in [0.2, 0.25) is 0 Å². The number of carbonyl (C=O) groups excluding carboxylic acids is 1. The number of rotatable bonds is 8. The summed E-state index contributed by atoms with van der Waals surface area (Å²) in [5.74, 6) is 0.186. The molecule has 0 atom stereocenters. The maximum absolute atomic E-state index is 11.4. The summed E-state index contributed by atoms with van der Waals surface area (Å²) < 4.78 is 1.49. The molecule has 3 heterocycles. The van der Waals surface area contributed by atoms with Crippen LogP contribution in [0.4, 0.5) is 17.5 Å². The normalized spacial score (nSPS) is 13.7. The van der Waals surface area contributed by atoms with E-state index in [2.05, 4.69) is 25.1 Å². The Balaban J connectivity index is 1.42. The van der Waals surface area contributed by atoms with Crippen molar-refractivity contribution < 1.29 is 19.8 Å². The second-order valence-corrected chi connectivity index (χ2v) is 8.47. The molecule has 0 spiro atoms.